The van der Waals surface area contributed by atoms with Crippen LogP contribution in [0.15, 0.2) is 36.5 Å². The number of carbonyl (C=O) groups is 1. The molecule has 0 saturated carbocycles. The lowest BCUT2D eigenvalue weighted by molar-refractivity contribution is 0.102. The van der Waals surface area contributed by atoms with E-state index < -0.39 is 17.5 Å². The van der Waals surface area contributed by atoms with Gasteiger partial charge in [-0.2, -0.15) is 10.4 Å². The van der Waals surface area contributed by atoms with E-state index in [2.05, 4.69) is 15.4 Å². The van der Waals surface area contributed by atoms with E-state index in [1.165, 1.54) is 30.1 Å². The molecule has 1 aliphatic rings. The van der Waals surface area contributed by atoms with E-state index in [0.717, 1.165) is 12.1 Å². The summed E-state index contributed by atoms with van der Waals surface area (Å²) in [6.07, 6.45) is 2.22. The lowest BCUT2D eigenvalue weighted by atomic mass is 10.1. The summed E-state index contributed by atoms with van der Waals surface area (Å²) in [5, 5.41) is 16.2. The van der Waals surface area contributed by atoms with Gasteiger partial charge >= 0.3 is 0 Å². The minimum atomic E-state index is -0.748. The molecule has 1 amide bonds. The van der Waals surface area contributed by atoms with E-state index in [9.17, 15) is 18.8 Å². The number of hydrogen-bond donors (Lipinski definition) is 1. The van der Waals surface area contributed by atoms with E-state index in [-0.39, 0.29) is 23.1 Å². The van der Waals surface area contributed by atoms with Crippen LogP contribution in [0.1, 0.15) is 28.9 Å². The second-order valence-corrected chi connectivity index (χ2v) is 7.70. The van der Waals surface area contributed by atoms with Gasteiger partial charge in [0.15, 0.2) is 17.4 Å². The first-order valence-electron chi connectivity index (χ1n) is 10.5. The van der Waals surface area contributed by atoms with Crippen LogP contribution in [0.2, 0.25) is 0 Å². The topological polar surface area (TPSA) is 105 Å². The molecule has 0 aliphatic carbocycles. The van der Waals surface area contributed by atoms with Crippen molar-refractivity contribution in [3.8, 4) is 17.7 Å². The van der Waals surface area contributed by atoms with Crippen LogP contribution in [0.4, 0.5) is 20.3 Å². The number of benzene rings is 1. The zero-order valence-corrected chi connectivity index (χ0v) is 18.6. The normalized spacial score (nSPS) is 13.9. The molecule has 3 heterocycles. The van der Waals surface area contributed by atoms with E-state index >= 15 is 0 Å². The molecule has 1 N–H and O–H groups in total. The van der Waals surface area contributed by atoms with Gasteiger partial charge in [-0.05, 0) is 24.3 Å². The van der Waals surface area contributed by atoms with Gasteiger partial charge in [0.05, 0.1) is 19.0 Å². The van der Waals surface area contributed by atoms with Crippen LogP contribution in [0.5, 0.6) is 11.6 Å². The number of nitriles is 1. The second-order valence-electron chi connectivity index (χ2n) is 7.70. The van der Waals surface area contributed by atoms with Crippen molar-refractivity contribution in [2.75, 3.05) is 30.4 Å². The van der Waals surface area contributed by atoms with E-state index in [1.54, 1.807) is 13.1 Å². The quantitative estimate of drug-likeness (QED) is 0.592. The number of carbonyl (C=O) groups excluding carboxylic acids is 1. The minimum absolute atomic E-state index is 0.00261. The first-order chi connectivity index (χ1) is 16.4. The van der Waals surface area contributed by atoms with Crippen LogP contribution in [-0.4, -0.2) is 47.0 Å². The fourth-order valence-corrected chi connectivity index (χ4v) is 3.80. The van der Waals surface area contributed by atoms with Gasteiger partial charge in [-0.15, -0.1) is 0 Å². The summed E-state index contributed by atoms with van der Waals surface area (Å²) in [6.45, 7) is 0.989. The second kappa shape index (κ2) is 9.74. The number of ether oxygens (including phenoxy) is 2. The van der Waals surface area contributed by atoms with Crippen molar-refractivity contribution >= 4 is 17.4 Å². The maximum absolute atomic E-state index is 13.9. The van der Waals surface area contributed by atoms with Crippen LogP contribution in [0.25, 0.3) is 0 Å². The highest BCUT2D eigenvalue weighted by molar-refractivity contribution is 6.07. The van der Waals surface area contributed by atoms with Crippen molar-refractivity contribution < 1.29 is 23.0 Å². The van der Waals surface area contributed by atoms with Crippen LogP contribution < -0.4 is 19.7 Å². The molecule has 1 saturated heterocycles. The third kappa shape index (κ3) is 4.76. The average molecular weight is 468 g/mol. The Balaban J connectivity index is 1.49. The number of anilines is 2. The monoisotopic (exact) mass is 468 g/mol. The molecule has 0 radical (unpaired) electrons. The number of aryl methyl sites for hydroxylation is 1. The van der Waals surface area contributed by atoms with Gasteiger partial charge in [-0.25, -0.2) is 18.4 Å². The Morgan fingerprint density at radius 3 is 2.68 bits per heavy atom. The van der Waals surface area contributed by atoms with Crippen molar-refractivity contribution in [1.29, 1.82) is 5.26 Å². The van der Waals surface area contributed by atoms with E-state index in [1.807, 2.05) is 11.0 Å². The zero-order valence-electron chi connectivity index (χ0n) is 18.6. The van der Waals surface area contributed by atoms with Crippen molar-refractivity contribution in [3.63, 3.8) is 0 Å². The van der Waals surface area contributed by atoms with Crippen molar-refractivity contribution in [3.05, 3.63) is 59.4 Å². The predicted molar refractivity (Wildman–Crippen MR) is 119 cm³/mol. The largest absolute Gasteiger partial charge is 0.487 e. The molecular formula is C23H22F2N6O3. The molecular weight excluding hydrogens is 446 g/mol. The summed E-state index contributed by atoms with van der Waals surface area (Å²) in [7, 11) is 3.11. The molecule has 34 heavy (non-hydrogen) atoms. The third-order valence-electron chi connectivity index (χ3n) is 5.49. The molecule has 2 aromatic heterocycles. The SMILES string of the molecule is COc1c(C(=O)Nc2ccc(C#N)nc2N2CCC(Oc3ccc(F)cc3F)CC2)cnn1C. The smallest absolute Gasteiger partial charge is 0.262 e. The molecule has 3 aromatic rings. The van der Waals surface area contributed by atoms with E-state index in [0.29, 0.717) is 43.3 Å². The Bertz CT molecular complexity index is 1250. The standard InChI is InChI=1S/C23H22F2N6O3/c1-30-23(33-2)17(13-27-30)22(32)29-19-5-4-15(12-26)28-21(19)31-9-7-16(8-10-31)34-20-6-3-14(24)11-18(20)25/h3-6,11,13,16H,7-10H2,1-2H3,(H,29,32). The zero-order chi connectivity index (χ0) is 24.2. The van der Waals surface area contributed by atoms with Crippen LogP contribution in [-0.2, 0) is 7.05 Å². The van der Waals surface area contributed by atoms with Crippen LogP contribution in [0, 0.1) is 23.0 Å². The molecule has 1 aromatic carbocycles. The fraction of sp³-hybridized carbons (Fsp3) is 0.304. The number of piperidine rings is 1. The molecule has 4 rings (SSSR count). The number of nitrogens with zero attached hydrogens (tertiary/aromatic N) is 5. The molecule has 0 unspecified atom stereocenters. The number of amides is 1. The highest BCUT2D eigenvalue weighted by Gasteiger charge is 2.26. The predicted octanol–water partition coefficient (Wildman–Crippen LogP) is 3.27. The lowest BCUT2D eigenvalue weighted by Gasteiger charge is -2.34. The minimum Gasteiger partial charge on any atom is -0.487 e. The van der Waals surface area contributed by atoms with Gasteiger partial charge in [-0.1, -0.05) is 0 Å². The number of hydrogen-bond acceptors (Lipinski definition) is 7. The number of aromatic nitrogens is 3. The molecule has 0 bridgehead atoms. The summed E-state index contributed by atoms with van der Waals surface area (Å²) in [6, 6.07) is 8.36. The number of nitrogens with one attached hydrogen (secondary N) is 1. The summed E-state index contributed by atoms with van der Waals surface area (Å²) < 4.78 is 39.5. The van der Waals surface area contributed by atoms with Gasteiger partial charge in [0.25, 0.3) is 5.91 Å². The van der Waals surface area contributed by atoms with Crippen molar-refractivity contribution in [2.24, 2.45) is 7.05 Å². The van der Waals surface area contributed by atoms with Crippen molar-refractivity contribution in [2.45, 2.75) is 18.9 Å². The van der Waals surface area contributed by atoms with Crippen LogP contribution in [0.3, 0.4) is 0 Å². The Kier molecular flexibility index (Phi) is 6.58. The van der Waals surface area contributed by atoms with Gasteiger partial charge in [-0.3, -0.25) is 4.79 Å². The highest BCUT2D eigenvalue weighted by Crippen LogP contribution is 2.30. The number of rotatable bonds is 6. The first-order valence-corrected chi connectivity index (χ1v) is 10.5. The third-order valence-corrected chi connectivity index (χ3v) is 5.49. The highest BCUT2D eigenvalue weighted by atomic mass is 19.1. The van der Waals surface area contributed by atoms with Gasteiger partial charge < -0.3 is 19.7 Å². The molecule has 1 fully saturated rings. The summed E-state index contributed by atoms with van der Waals surface area (Å²) in [5.74, 6) is -1.08. The summed E-state index contributed by atoms with van der Waals surface area (Å²) in [5.41, 5.74) is 0.895. The molecule has 0 spiro atoms. The maximum Gasteiger partial charge on any atom is 0.262 e. The Labute approximate surface area is 194 Å². The summed E-state index contributed by atoms with van der Waals surface area (Å²) >= 11 is 0. The molecule has 9 nitrogen and oxygen atoms in total. The Morgan fingerprint density at radius 1 is 1.24 bits per heavy atom. The van der Waals surface area contributed by atoms with Gasteiger partial charge in [0.2, 0.25) is 5.88 Å². The van der Waals surface area contributed by atoms with Crippen molar-refractivity contribution in [1.82, 2.24) is 14.8 Å². The first kappa shape index (κ1) is 23.0. The number of methoxy groups -OCH3 is 1. The molecule has 176 valence electrons. The summed E-state index contributed by atoms with van der Waals surface area (Å²) in [4.78, 5) is 19.2. The Hall–Kier alpha value is -4.20. The molecule has 1 aliphatic heterocycles. The Morgan fingerprint density at radius 2 is 2.00 bits per heavy atom. The molecule has 0 atom stereocenters. The molecule has 11 heteroatoms. The van der Waals surface area contributed by atoms with Gasteiger partial charge in [0, 0.05) is 39.0 Å². The van der Waals surface area contributed by atoms with E-state index in [4.69, 9.17) is 9.47 Å². The maximum atomic E-state index is 13.9. The lowest BCUT2D eigenvalue weighted by Crippen LogP contribution is -2.39. The fourth-order valence-electron chi connectivity index (χ4n) is 3.80. The van der Waals surface area contributed by atoms with Crippen LogP contribution >= 0.6 is 0 Å². The average Bonchev–Trinajstić information content (AvgIpc) is 3.22. The number of halogens is 2. The van der Waals surface area contributed by atoms with Gasteiger partial charge in [0.1, 0.15) is 29.2 Å². The number of pyridine rings is 1.